The summed E-state index contributed by atoms with van der Waals surface area (Å²) in [5.41, 5.74) is 3.03. The van der Waals surface area contributed by atoms with Gasteiger partial charge in [-0.15, -0.1) is 0 Å². The molecule has 1 aromatic heterocycles. The molecular formula is C13H21N. The van der Waals surface area contributed by atoms with Gasteiger partial charge in [0, 0.05) is 11.0 Å². The highest BCUT2D eigenvalue weighted by molar-refractivity contribution is 5.37. The van der Waals surface area contributed by atoms with E-state index in [1.54, 1.807) is 5.56 Å². The Hall–Kier alpha value is -0.980. The van der Waals surface area contributed by atoms with Gasteiger partial charge in [0.25, 0.3) is 0 Å². The largest absolute Gasteiger partial charge is 0.358 e. The molecule has 1 aliphatic carbocycles. The summed E-state index contributed by atoms with van der Waals surface area (Å²) in [4.78, 5) is 3.48. The first-order valence-corrected chi connectivity index (χ1v) is 5.69. The van der Waals surface area contributed by atoms with Crippen LogP contribution in [0.25, 0.3) is 12.2 Å². The minimum Gasteiger partial charge on any atom is -0.358 e. The SMILES string of the molecule is C/C=c1/c2c([nH]/c1=C/C)CCC2.CC. The van der Waals surface area contributed by atoms with Crippen LogP contribution in [0, 0.1) is 0 Å². The molecule has 1 aliphatic rings. The predicted molar refractivity (Wildman–Crippen MR) is 63.7 cm³/mol. The van der Waals surface area contributed by atoms with Crippen LogP contribution < -0.4 is 10.6 Å². The highest BCUT2D eigenvalue weighted by atomic mass is 14.7. The Balaban J connectivity index is 0.000000461. The fourth-order valence-electron chi connectivity index (χ4n) is 2.13. The van der Waals surface area contributed by atoms with Crippen LogP contribution in [-0.2, 0) is 12.8 Å². The first kappa shape index (κ1) is 11.1. The second-order valence-corrected chi connectivity index (χ2v) is 3.34. The molecule has 0 amide bonds. The van der Waals surface area contributed by atoms with E-state index in [-0.39, 0.29) is 0 Å². The zero-order valence-corrected chi connectivity index (χ0v) is 9.78. The van der Waals surface area contributed by atoms with E-state index in [1.807, 2.05) is 13.8 Å². The number of fused-ring (bicyclic) bond motifs is 1. The number of hydrogen-bond acceptors (Lipinski definition) is 0. The Morgan fingerprint density at radius 2 is 1.79 bits per heavy atom. The van der Waals surface area contributed by atoms with E-state index in [1.165, 1.54) is 35.5 Å². The molecule has 1 heterocycles. The second kappa shape index (κ2) is 5.04. The minimum atomic E-state index is 1.24. The molecule has 0 fully saturated rings. The summed E-state index contributed by atoms with van der Waals surface area (Å²) >= 11 is 0. The summed E-state index contributed by atoms with van der Waals surface area (Å²) in [7, 11) is 0. The average molecular weight is 191 g/mol. The monoisotopic (exact) mass is 191 g/mol. The van der Waals surface area contributed by atoms with E-state index in [0.29, 0.717) is 0 Å². The van der Waals surface area contributed by atoms with Crippen molar-refractivity contribution in [2.24, 2.45) is 0 Å². The van der Waals surface area contributed by atoms with E-state index < -0.39 is 0 Å². The molecule has 0 aliphatic heterocycles. The second-order valence-electron chi connectivity index (χ2n) is 3.34. The third-order valence-corrected chi connectivity index (χ3v) is 2.70. The minimum absolute atomic E-state index is 1.24. The van der Waals surface area contributed by atoms with Gasteiger partial charge >= 0.3 is 0 Å². The lowest BCUT2D eigenvalue weighted by atomic mass is 10.2. The van der Waals surface area contributed by atoms with Gasteiger partial charge in [-0.1, -0.05) is 26.0 Å². The van der Waals surface area contributed by atoms with Crippen molar-refractivity contribution < 1.29 is 0 Å². The molecule has 0 radical (unpaired) electrons. The number of nitrogens with one attached hydrogen (secondary N) is 1. The molecule has 1 heteroatoms. The van der Waals surface area contributed by atoms with Gasteiger partial charge in [0.15, 0.2) is 0 Å². The lowest BCUT2D eigenvalue weighted by Gasteiger charge is -1.85. The summed E-state index contributed by atoms with van der Waals surface area (Å²) in [6, 6.07) is 0. The molecule has 0 saturated heterocycles. The highest BCUT2D eigenvalue weighted by Crippen LogP contribution is 2.14. The topological polar surface area (TPSA) is 15.8 Å². The van der Waals surface area contributed by atoms with E-state index in [4.69, 9.17) is 0 Å². The molecule has 14 heavy (non-hydrogen) atoms. The average Bonchev–Trinajstić information content (AvgIpc) is 2.79. The van der Waals surface area contributed by atoms with Crippen molar-refractivity contribution in [1.82, 2.24) is 4.98 Å². The van der Waals surface area contributed by atoms with Crippen molar-refractivity contribution in [2.75, 3.05) is 0 Å². The maximum Gasteiger partial charge on any atom is 0.0412 e. The van der Waals surface area contributed by atoms with Gasteiger partial charge in [0.05, 0.1) is 0 Å². The van der Waals surface area contributed by atoms with E-state index >= 15 is 0 Å². The first-order valence-electron chi connectivity index (χ1n) is 5.69. The van der Waals surface area contributed by atoms with Crippen LogP contribution in [-0.4, -0.2) is 4.98 Å². The predicted octanol–water partition coefficient (Wildman–Crippen LogP) is 2.13. The number of H-pyrrole nitrogens is 1. The summed E-state index contributed by atoms with van der Waals surface area (Å²) in [6.07, 6.45) is 8.21. The molecule has 1 nitrogen and oxygen atoms in total. The van der Waals surface area contributed by atoms with Crippen molar-refractivity contribution in [1.29, 1.82) is 0 Å². The summed E-state index contributed by atoms with van der Waals surface area (Å²) < 4.78 is 0. The van der Waals surface area contributed by atoms with Crippen molar-refractivity contribution >= 4 is 12.2 Å². The third-order valence-electron chi connectivity index (χ3n) is 2.70. The molecule has 0 saturated carbocycles. The lowest BCUT2D eigenvalue weighted by Crippen LogP contribution is -2.24. The van der Waals surface area contributed by atoms with Gasteiger partial charge in [0.1, 0.15) is 0 Å². The Bertz CT molecular complexity index is 396. The Morgan fingerprint density at radius 1 is 1.07 bits per heavy atom. The molecule has 0 aromatic carbocycles. The zero-order valence-electron chi connectivity index (χ0n) is 9.78. The van der Waals surface area contributed by atoms with Crippen molar-refractivity contribution in [3.63, 3.8) is 0 Å². The lowest BCUT2D eigenvalue weighted by molar-refractivity contribution is 0.885. The van der Waals surface area contributed by atoms with Crippen LogP contribution in [0.5, 0.6) is 0 Å². The first-order chi connectivity index (χ1) is 6.86. The summed E-state index contributed by atoms with van der Waals surface area (Å²) in [5.74, 6) is 0. The Kier molecular flexibility index (Phi) is 3.99. The van der Waals surface area contributed by atoms with Crippen LogP contribution >= 0.6 is 0 Å². The number of aryl methyl sites for hydroxylation is 1. The normalized spacial score (nSPS) is 16.6. The van der Waals surface area contributed by atoms with E-state index in [0.717, 1.165) is 0 Å². The van der Waals surface area contributed by atoms with Gasteiger partial charge in [-0.3, -0.25) is 0 Å². The van der Waals surface area contributed by atoms with E-state index in [9.17, 15) is 0 Å². The highest BCUT2D eigenvalue weighted by Gasteiger charge is 2.13. The van der Waals surface area contributed by atoms with Crippen LogP contribution in [0.2, 0.25) is 0 Å². The van der Waals surface area contributed by atoms with Crippen LogP contribution in [0.4, 0.5) is 0 Å². The van der Waals surface area contributed by atoms with Gasteiger partial charge in [0.2, 0.25) is 0 Å². The van der Waals surface area contributed by atoms with Crippen molar-refractivity contribution in [3.8, 4) is 0 Å². The number of aromatic nitrogens is 1. The molecule has 0 bridgehead atoms. The van der Waals surface area contributed by atoms with Crippen LogP contribution in [0.3, 0.4) is 0 Å². The molecule has 1 aromatic rings. The molecular weight excluding hydrogens is 170 g/mol. The van der Waals surface area contributed by atoms with Crippen molar-refractivity contribution in [2.45, 2.75) is 47.0 Å². The number of rotatable bonds is 0. The Labute approximate surface area is 86.5 Å². The van der Waals surface area contributed by atoms with Gasteiger partial charge < -0.3 is 4.98 Å². The maximum atomic E-state index is 3.48. The smallest absolute Gasteiger partial charge is 0.0412 e. The van der Waals surface area contributed by atoms with E-state index in [2.05, 4.69) is 31.0 Å². The van der Waals surface area contributed by atoms with Crippen molar-refractivity contribution in [3.05, 3.63) is 21.8 Å². The standard InChI is InChI=1S/C11H15N.C2H6/c1-3-8-9-6-5-7-11(9)12-10(8)4-2;1-2/h3-4,12H,5-7H2,1-2H3;1-2H3/b8-3-,10-4+;. The molecule has 0 spiro atoms. The number of hydrogen-bond donors (Lipinski definition) is 1. The third kappa shape index (κ3) is 1.77. The molecule has 0 unspecified atom stereocenters. The molecule has 2 rings (SSSR count). The van der Waals surface area contributed by atoms with Crippen LogP contribution in [0.15, 0.2) is 0 Å². The number of aromatic amines is 1. The summed E-state index contributed by atoms with van der Waals surface area (Å²) in [6.45, 7) is 8.21. The Morgan fingerprint density at radius 3 is 2.36 bits per heavy atom. The maximum absolute atomic E-state index is 3.48. The zero-order chi connectivity index (χ0) is 10.6. The molecule has 78 valence electrons. The fraction of sp³-hybridized carbons (Fsp3) is 0.538. The summed E-state index contributed by atoms with van der Waals surface area (Å²) in [5, 5.41) is 2.74. The quantitative estimate of drug-likeness (QED) is 0.646. The fourth-order valence-corrected chi connectivity index (χ4v) is 2.13. The van der Waals surface area contributed by atoms with Gasteiger partial charge in [-0.25, -0.2) is 0 Å². The van der Waals surface area contributed by atoms with Gasteiger partial charge in [-0.05, 0) is 43.9 Å². The van der Waals surface area contributed by atoms with Crippen LogP contribution in [0.1, 0.15) is 45.4 Å². The van der Waals surface area contributed by atoms with Gasteiger partial charge in [-0.2, -0.15) is 0 Å². The molecule has 1 N–H and O–H groups in total. The molecule has 0 atom stereocenters.